The van der Waals surface area contributed by atoms with Crippen LogP contribution in [0, 0.1) is 5.92 Å². The smallest absolute Gasteiger partial charge is 0.339 e. The minimum Gasteiger partial charge on any atom is -0.465 e. The molecule has 1 aliphatic carbocycles. The van der Waals surface area contributed by atoms with E-state index in [2.05, 4.69) is 20.4 Å². The second kappa shape index (κ2) is 11.8. The van der Waals surface area contributed by atoms with Crippen LogP contribution in [0.3, 0.4) is 0 Å². The van der Waals surface area contributed by atoms with E-state index in [1.165, 1.54) is 30.8 Å². The van der Waals surface area contributed by atoms with Crippen LogP contribution in [0.1, 0.15) is 72.4 Å². The molecular formula is C24H32N4O6S2. The van der Waals surface area contributed by atoms with E-state index >= 15 is 0 Å². The number of methoxy groups -OCH3 is 1. The van der Waals surface area contributed by atoms with Crippen LogP contribution in [0.2, 0.25) is 0 Å². The minimum absolute atomic E-state index is 0.0521. The van der Waals surface area contributed by atoms with Crippen LogP contribution >= 0.6 is 11.3 Å². The molecule has 1 saturated carbocycles. The van der Waals surface area contributed by atoms with Crippen LogP contribution in [0.25, 0.3) is 0 Å². The number of pyridine rings is 1. The molecule has 3 rings (SSSR count). The molecule has 1 unspecified atom stereocenters. The van der Waals surface area contributed by atoms with Crippen LogP contribution in [-0.4, -0.2) is 49.6 Å². The molecule has 0 radical (unpaired) electrons. The summed E-state index contributed by atoms with van der Waals surface area (Å²) < 4.78 is 29.8. The number of sulfone groups is 1. The number of esters is 1. The Balaban J connectivity index is 1.79. The zero-order valence-corrected chi connectivity index (χ0v) is 22.2. The molecule has 10 nitrogen and oxygen atoms in total. The van der Waals surface area contributed by atoms with Crippen molar-refractivity contribution < 1.29 is 27.5 Å². The van der Waals surface area contributed by atoms with Gasteiger partial charge < -0.3 is 21.1 Å². The van der Waals surface area contributed by atoms with Gasteiger partial charge >= 0.3 is 5.97 Å². The van der Waals surface area contributed by atoms with Crippen LogP contribution in [0.5, 0.6) is 0 Å². The Morgan fingerprint density at radius 2 is 1.89 bits per heavy atom. The second-order valence-corrected chi connectivity index (χ2v) is 12.5. The van der Waals surface area contributed by atoms with E-state index in [0.29, 0.717) is 6.42 Å². The summed E-state index contributed by atoms with van der Waals surface area (Å²) in [7, 11) is -2.39. The highest BCUT2D eigenvalue weighted by molar-refractivity contribution is 7.92. The fraction of sp³-hybridized carbons (Fsp3) is 0.500. The number of hydrogen-bond donors (Lipinski definition) is 3. The summed E-state index contributed by atoms with van der Waals surface area (Å²) in [5.74, 6) is -1.13. The Morgan fingerprint density at radius 3 is 2.47 bits per heavy atom. The minimum atomic E-state index is -3.66. The zero-order valence-electron chi connectivity index (χ0n) is 20.6. The summed E-state index contributed by atoms with van der Waals surface area (Å²) in [4.78, 5) is 42.0. The average Bonchev–Trinajstić information content (AvgIpc) is 3.26. The molecule has 2 heterocycles. The number of hydrogen-bond acceptors (Lipinski definition) is 9. The molecule has 196 valence electrons. The summed E-state index contributed by atoms with van der Waals surface area (Å²) in [5, 5.41) is 6.12. The monoisotopic (exact) mass is 536 g/mol. The maximum Gasteiger partial charge on any atom is 0.339 e. The van der Waals surface area contributed by atoms with Gasteiger partial charge in [-0.2, -0.15) is 0 Å². The van der Waals surface area contributed by atoms with Gasteiger partial charge in [0.15, 0.2) is 9.84 Å². The first-order valence-corrected chi connectivity index (χ1v) is 14.2. The normalized spacial score (nSPS) is 15.3. The molecule has 12 heteroatoms. The van der Waals surface area contributed by atoms with Gasteiger partial charge in [0.05, 0.1) is 23.6 Å². The third-order valence-corrected chi connectivity index (χ3v) is 9.61. The maximum atomic E-state index is 13.2. The zero-order chi connectivity index (χ0) is 26.5. The van der Waals surface area contributed by atoms with Gasteiger partial charge in [-0.1, -0.05) is 32.1 Å². The summed E-state index contributed by atoms with van der Waals surface area (Å²) in [6.45, 7) is 3.09. The number of carbonyl (C=O) groups is 3. The lowest BCUT2D eigenvalue weighted by molar-refractivity contribution is -0.118. The van der Waals surface area contributed by atoms with Gasteiger partial charge in [0.2, 0.25) is 5.91 Å². The van der Waals surface area contributed by atoms with Gasteiger partial charge in [-0.15, -0.1) is 11.3 Å². The first-order valence-electron chi connectivity index (χ1n) is 11.8. The number of ether oxygens (including phenoxy) is 1. The molecule has 1 aliphatic rings. The Labute approximate surface area is 214 Å². The van der Waals surface area contributed by atoms with Gasteiger partial charge in [0, 0.05) is 11.6 Å². The molecule has 1 atom stereocenters. The molecule has 0 saturated heterocycles. The third kappa shape index (κ3) is 6.41. The summed E-state index contributed by atoms with van der Waals surface area (Å²) >= 11 is 0.935. The maximum absolute atomic E-state index is 13.2. The van der Waals surface area contributed by atoms with E-state index in [-0.39, 0.29) is 32.8 Å². The Kier molecular flexibility index (Phi) is 9.07. The molecule has 0 spiro atoms. The number of nitrogens with zero attached hydrogens (tertiary/aromatic N) is 1. The second-order valence-electron chi connectivity index (χ2n) is 9.12. The predicted molar refractivity (Wildman–Crippen MR) is 138 cm³/mol. The summed E-state index contributed by atoms with van der Waals surface area (Å²) in [6.07, 6.45) is 6.93. The van der Waals surface area contributed by atoms with Gasteiger partial charge in [0.25, 0.3) is 5.91 Å². The van der Waals surface area contributed by atoms with Crippen LogP contribution in [-0.2, 0) is 19.4 Å². The molecule has 2 amide bonds. The van der Waals surface area contributed by atoms with Crippen LogP contribution in [0.4, 0.5) is 11.5 Å². The standard InChI is InChI=1S/C24H32N4O6S2/c1-14(2)36(32,33)18-13-35-21(20(18)25)23(30)27-17(11-15-7-5-4-6-8-15)22(29)28-19-10-9-16(12-26-19)24(31)34-3/h9-10,12-15,17H,4-8,11,25H2,1-3H3,(H,27,30)(H,26,28,29). The van der Waals surface area contributed by atoms with Crippen molar-refractivity contribution in [2.75, 3.05) is 18.2 Å². The topological polar surface area (TPSA) is 158 Å². The Morgan fingerprint density at radius 1 is 1.19 bits per heavy atom. The van der Waals surface area contributed by atoms with Crippen LogP contribution < -0.4 is 16.4 Å². The first kappa shape index (κ1) is 27.6. The van der Waals surface area contributed by atoms with Crippen molar-refractivity contribution in [3.8, 4) is 0 Å². The summed E-state index contributed by atoms with van der Waals surface area (Å²) in [6, 6.07) is 2.07. The van der Waals surface area contributed by atoms with Crippen molar-refractivity contribution in [2.45, 2.75) is 68.6 Å². The number of nitrogens with one attached hydrogen (secondary N) is 2. The molecule has 1 fully saturated rings. The van der Waals surface area contributed by atoms with Crippen molar-refractivity contribution >= 4 is 50.5 Å². The molecular weight excluding hydrogens is 504 g/mol. The highest BCUT2D eigenvalue weighted by Gasteiger charge is 2.31. The van der Waals surface area contributed by atoms with E-state index < -0.39 is 38.9 Å². The van der Waals surface area contributed by atoms with Crippen molar-refractivity contribution in [1.29, 1.82) is 0 Å². The van der Waals surface area contributed by atoms with Gasteiger partial charge in [-0.25, -0.2) is 18.2 Å². The van der Waals surface area contributed by atoms with Crippen molar-refractivity contribution in [3.05, 3.63) is 34.2 Å². The van der Waals surface area contributed by atoms with Crippen molar-refractivity contribution in [1.82, 2.24) is 10.3 Å². The van der Waals surface area contributed by atoms with E-state index in [1.54, 1.807) is 13.8 Å². The van der Waals surface area contributed by atoms with Gasteiger partial charge in [-0.05, 0) is 38.3 Å². The molecule has 0 aliphatic heterocycles. The molecule has 2 aromatic rings. The SMILES string of the molecule is COC(=O)c1ccc(NC(=O)C(CC2CCCCC2)NC(=O)c2scc(S(=O)(=O)C(C)C)c2N)nc1. The number of carbonyl (C=O) groups excluding carboxylic acids is 3. The quantitative estimate of drug-likeness (QED) is 0.412. The van der Waals surface area contributed by atoms with Crippen molar-refractivity contribution in [3.63, 3.8) is 0 Å². The number of aromatic nitrogens is 1. The lowest BCUT2D eigenvalue weighted by Crippen LogP contribution is -2.45. The third-order valence-electron chi connectivity index (χ3n) is 6.28. The molecule has 0 aromatic carbocycles. The average molecular weight is 537 g/mol. The molecule has 0 bridgehead atoms. The summed E-state index contributed by atoms with van der Waals surface area (Å²) in [5.41, 5.74) is 6.19. The van der Waals surface area contributed by atoms with E-state index in [9.17, 15) is 22.8 Å². The van der Waals surface area contributed by atoms with E-state index in [4.69, 9.17) is 5.73 Å². The van der Waals surface area contributed by atoms with Crippen LogP contribution in [0.15, 0.2) is 28.6 Å². The highest BCUT2D eigenvalue weighted by atomic mass is 32.2. The molecule has 36 heavy (non-hydrogen) atoms. The first-order chi connectivity index (χ1) is 17.0. The number of thiophene rings is 1. The fourth-order valence-electron chi connectivity index (χ4n) is 4.13. The number of amides is 2. The Hall–Kier alpha value is -2.99. The highest BCUT2D eigenvalue weighted by Crippen LogP contribution is 2.32. The van der Waals surface area contributed by atoms with E-state index in [0.717, 1.165) is 43.4 Å². The largest absolute Gasteiger partial charge is 0.465 e. The Bertz CT molecular complexity index is 1200. The van der Waals surface area contributed by atoms with Gasteiger partial charge in [-0.3, -0.25) is 9.59 Å². The molecule has 4 N–H and O–H groups in total. The number of nitrogens with two attached hydrogens (primary N) is 1. The number of nitrogen functional groups attached to an aromatic ring is 1. The number of anilines is 2. The lowest BCUT2D eigenvalue weighted by Gasteiger charge is -2.26. The fourth-order valence-corrected chi connectivity index (χ4v) is 6.55. The molecule has 2 aromatic heterocycles. The van der Waals surface area contributed by atoms with Crippen molar-refractivity contribution in [2.24, 2.45) is 5.92 Å². The lowest BCUT2D eigenvalue weighted by atomic mass is 9.84. The van der Waals surface area contributed by atoms with Gasteiger partial charge in [0.1, 0.15) is 21.6 Å². The van der Waals surface area contributed by atoms with E-state index in [1.807, 2.05) is 0 Å². The predicted octanol–water partition coefficient (Wildman–Crippen LogP) is 3.40. The number of rotatable bonds is 9.